The van der Waals surface area contributed by atoms with E-state index in [0.29, 0.717) is 24.3 Å². The molecule has 3 aliphatic rings. The molecule has 2 fully saturated rings. The average molecular weight is 540 g/mol. The van der Waals surface area contributed by atoms with Gasteiger partial charge in [-0.3, -0.25) is 14.5 Å². The van der Waals surface area contributed by atoms with E-state index in [1.54, 1.807) is 0 Å². The Morgan fingerprint density at radius 1 is 1.18 bits per heavy atom. The summed E-state index contributed by atoms with van der Waals surface area (Å²) >= 11 is 0. The molecule has 5 heteroatoms. The van der Waals surface area contributed by atoms with Gasteiger partial charge in [0.2, 0.25) is 11.8 Å². The summed E-state index contributed by atoms with van der Waals surface area (Å²) in [4.78, 5) is 33.2. The van der Waals surface area contributed by atoms with E-state index in [0.717, 1.165) is 57.4 Å². The molecule has 0 radical (unpaired) electrons. The van der Waals surface area contributed by atoms with Crippen LogP contribution in [0.1, 0.15) is 101 Å². The predicted octanol–water partition coefficient (Wildman–Crippen LogP) is 7.58. The van der Waals surface area contributed by atoms with Crippen LogP contribution in [0.15, 0.2) is 47.3 Å². The third kappa shape index (κ3) is 7.54. The number of hydrogen-bond donors (Lipinski definition) is 0. The normalized spacial score (nSPS) is 25.5. The van der Waals surface area contributed by atoms with E-state index in [9.17, 15) is 9.59 Å². The fourth-order valence-corrected chi connectivity index (χ4v) is 6.37. The summed E-state index contributed by atoms with van der Waals surface area (Å²) in [6.07, 6.45) is 11.9. The summed E-state index contributed by atoms with van der Waals surface area (Å²) in [5, 5.41) is 0. The molecule has 3 unspecified atom stereocenters. The number of carbonyl (C=O) groups is 2. The van der Waals surface area contributed by atoms with Gasteiger partial charge in [0.05, 0.1) is 5.70 Å². The highest BCUT2D eigenvalue weighted by Gasteiger charge is 2.42. The lowest BCUT2D eigenvalue weighted by molar-refractivity contribution is -0.134. The second-order valence-electron chi connectivity index (χ2n) is 12.4. The summed E-state index contributed by atoms with van der Waals surface area (Å²) in [7, 11) is 2.25. The summed E-state index contributed by atoms with van der Waals surface area (Å²) < 4.78 is 0. The number of fused-ring (bicyclic) bond motifs is 3. The fraction of sp³-hybridized carbons (Fsp3) is 0.706. The van der Waals surface area contributed by atoms with Crippen molar-refractivity contribution < 1.29 is 9.59 Å². The average Bonchev–Trinajstić information content (AvgIpc) is 3.12. The Bertz CT molecular complexity index is 963. The van der Waals surface area contributed by atoms with Crippen LogP contribution in [0, 0.1) is 23.2 Å². The molecule has 2 aliphatic heterocycles. The van der Waals surface area contributed by atoms with Crippen LogP contribution in [-0.4, -0.2) is 59.2 Å². The topological polar surface area (TPSA) is 43.9 Å². The van der Waals surface area contributed by atoms with Crippen molar-refractivity contribution in [1.82, 2.24) is 14.7 Å². The van der Waals surface area contributed by atoms with Gasteiger partial charge >= 0.3 is 0 Å². The quantitative estimate of drug-likeness (QED) is 0.335. The monoisotopic (exact) mass is 539 g/mol. The molecule has 220 valence electrons. The SMILES string of the molecule is C=CC1=C2CC(=CN1C(=O)C(C)C(C)(C)C)C[C@@H]1C(CC(CC(=O)N(CC)CC)CCN1C)/C2=C/CC.CC. The molecule has 0 spiro atoms. The summed E-state index contributed by atoms with van der Waals surface area (Å²) in [5.74, 6) is 1.02. The van der Waals surface area contributed by atoms with Crippen molar-refractivity contribution in [2.24, 2.45) is 23.2 Å². The Morgan fingerprint density at radius 3 is 2.36 bits per heavy atom. The lowest BCUT2D eigenvalue weighted by atomic mass is 9.78. The molecule has 1 saturated carbocycles. The van der Waals surface area contributed by atoms with Crippen LogP contribution >= 0.6 is 0 Å². The van der Waals surface area contributed by atoms with E-state index in [1.165, 1.54) is 16.7 Å². The Labute approximate surface area is 240 Å². The molecule has 5 nitrogen and oxygen atoms in total. The first-order valence-electron chi connectivity index (χ1n) is 15.5. The third-order valence-corrected chi connectivity index (χ3v) is 9.12. The van der Waals surface area contributed by atoms with Gasteiger partial charge < -0.3 is 9.80 Å². The van der Waals surface area contributed by atoms with Gasteiger partial charge in [0.15, 0.2) is 0 Å². The Balaban J connectivity index is 0.00000260. The van der Waals surface area contributed by atoms with Gasteiger partial charge in [0.25, 0.3) is 0 Å². The van der Waals surface area contributed by atoms with Crippen LogP contribution in [0.25, 0.3) is 0 Å². The molecule has 2 heterocycles. The van der Waals surface area contributed by atoms with Crippen LogP contribution in [0.3, 0.4) is 0 Å². The smallest absolute Gasteiger partial charge is 0.234 e. The Hall–Kier alpha value is -2.14. The molecule has 2 bridgehead atoms. The number of amides is 2. The van der Waals surface area contributed by atoms with Gasteiger partial charge in [-0.2, -0.15) is 0 Å². The van der Waals surface area contributed by atoms with E-state index in [1.807, 2.05) is 36.6 Å². The third-order valence-electron chi connectivity index (χ3n) is 9.12. The number of hydrogen-bond acceptors (Lipinski definition) is 3. The lowest BCUT2D eigenvalue weighted by Crippen LogP contribution is -2.38. The molecule has 0 aromatic rings. The number of rotatable bonds is 7. The molecule has 3 rings (SSSR count). The van der Waals surface area contributed by atoms with Crippen molar-refractivity contribution in [3.05, 3.63) is 47.3 Å². The minimum Gasteiger partial charge on any atom is -0.343 e. The van der Waals surface area contributed by atoms with Crippen molar-refractivity contribution in [2.75, 3.05) is 26.7 Å². The van der Waals surface area contributed by atoms with Crippen molar-refractivity contribution in [3.63, 3.8) is 0 Å². The van der Waals surface area contributed by atoms with Gasteiger partial charge in [-0.25, -0.2) is 0 Å². The van der Waals surface area contributed by atoms with E-state index >= 15 is 0 Å². The highest BCUT2D eigenvalue weighted by molar-refractivity contribution is 5.83. The van der Waals surface area contributed by atoms with Crippen LogP contribution in [0.2, 0.25) is 0 Å². The molecular formula is C34H57N3O2. The maximum atomic E-state index is 13.8. The molecule has 39 heavy (non-hydrogen) atoms. The van der Waals surface area contributed by atoms with E-state index in [-0.39, 0.29) is 23.1 Å². The van der Waals surface area contributed by atoms with Crippen molar-refractivity contribution in [2.45, 2.75) is 107 Å². The van der Waals surface area contributed by atoms with E-state index in [4.69, 9.17) is 0 Å². The van der Waals surface area contributed by atoms with Crippen LogP contribution in [-0.2, 0) is 9.59 Å². The van der Waals surface area contributed by atoms with Gasteiger partial charge in [-0.15, -0.1) is 0 Å². The molecule has 0 N–H and O–H groups in total. The maximum absolute atomic E-state index is 13.8. The molecule has 2 amide bonds. The highest BCUT2D eigenvalue weighted by atomic mass is 16.2. The van der Waals surface area contributed by atoms with Gasteiger partial charge in [-0.1, -0.05) is 61.1 Å². The van der Waals surface area contributed by atoms with Crippen molar-refractivity contribution in [3.8, 4) is 0 Å². The summed E-state index contributed by atoms with van der Waals surface area (Å²) in [6, 6.07) is 0.372. The minimum absolute atomic E-state index is 0.109. The second kappa shape index (κ2) is 14.5. The first kappa shape index (κ1) is 33.1. The van der Waals surface area contributed by atoms with E-state index in [2.05, 4.69) is 72.3 Å². The first-order valence-corrected chi connectivity index (χ1v) is 15.5. The highest BCUT2D eigenvalue weighted by Crippen LogP contribution is 2.47. The zero-order chi connectivity index (χ0) is 29.5. The fourth-order valence-electron chi connectivity index (χ4n) is 6.37. The molecular weight excluding hydrogens is 482 g/mol. The largest absolute Gasteiger partial charge is 0.343 e. The predicted molar refractivity (Wildman–Crippen MR) is 165 cm³/mol. The summed E-state index contributed by atoms with van der Waals surface area (Å²) in [5.41, 5.74) is 4.80. The minimum atomic E-state index is -0.117. The molecule has 0 aromatic carbocycles. The number of allylic oxidation sites excluding steroid dienone is 3. The lowest BCUT2D eigenvalue weighted by Gasteiger charge is -2.35. The van der Waals surface area contributed by atoms with Gasteiger partial charge in [0.1, 0.15) is 0 Å². The molecule has 1 aliphatic carbocycles. The molecule has 1 saturated heterocycles. The van der Waals surface area contributed by atoms with E-state index < -0.39 is 0 Å². The van der Waals surface area contributed by atoms with Crippen molar-refractivity contribution in [1.29, 1.82) is 0 Å². The van der Waals surface area contributed by atoms with Gasteiger partial charge in [-0.05, 0) is 93.7 Å². The van der Waals surface area contributed by atoms with Crippen LogP contribution < -0.4 is 0 Å². The molecule has 4 atom stereocenters. The number of nitrogens with zero attached hydrogens (tertiary/aromatic N) is 3. The second-order valence-corrected chi connectivity index (χ2v) is 12.4. The van der Waals surface area contributed by atoms with Crippen molar-refractivity contribution >= 4 is 11.8 Å². The Morgan fingerprint density at radius 2 is 1.82 bits per heavy atom. The first-order chi connectivity index (χ1) is 18.5. The number of carbonyl (C=O) groups excluding carboxylic acids is 2. The molecule has 0 aromatic heterocycles. The zero-order valence-electron chi connectivity index (χ0n) is 26.8. The Kier molecular flexibility index (Phi) is 12.3. The number of likely N-dealkylation sites (tertiary alicyclic amines) is 1. The summed E-state index contributed by atoms with van der Waals surface area (Å²) in [6.45, 7) is 25.5. The maximum Gasteiger partial charge on any atom is 0.234 e. The van der Waals surface area contributed by atoms with Gasteiger partial charge in [0, 0.05) is 43.6 Å². The zero-order valence-corrected chi connectivity index (χ0v) is 26.8. The van der Waals surface area contributed by atoms with Crippen LogP contribution in [0.4, 0.5) is 0 Å². The standard InChI is InChI=1S/C32H51N3O2.C2H6/c1-10-14-25-26-18-24(21-35(28(26)11-2)31(37)22(5)32(6,7)8)19-29-27(25)17-23(15-16-33(29)9)20-30(36)34(12-3)13-4;1-2/h11,14,21-23,27,29H,2,10,12-13,15-20H2,1,3-9H3;1-2H3/b25-14+;/t22?,23?,27?,29-;/m1./s1. The van der Waals surface area contributed by atoms with Crippen LogP contribution in [0.5, 0.6) is 0 Å².